The van der Waals surface area contributed by atoms with Crippen LogP contribution in [0, 0.1) is 11.8 Å². The molecule has 3 rings (SSSR count). The van der Waals surface area contributed by atoms with Gasteiger partial charge in [0.05, 0.1) is 13.3 Å². The van der Waals surface area contributed by atoms with E-state index in [1.807, 2.05) is 0 Å². The molecular weight excluding hydrogens is 589 g/mol. The molecule has 0 spiro atoms. The molecule has 1 aromatic heterocycles. The predicted molar refractivity (Wildman–Crippen MR) is 151 cm³/mol. The third kappa shape index (κ3) is 9.34. The predicted octanol–water partition coefficient (Wildman–Crippen LogP) is 4.70. The molecule has 3 aromatic rings. The summed E-state index contributed by atoms with van der Waals surface area (Å²) in [7, 11) is 1.38. The summed E-state index contributed by atoms with van der Waals surface area (Å²) in [5.74, 6) is -6.57. The van der Waals surface area contributed by atoms with E-state index in [-0.39, 0.29) is 17.7 Å². The Morgan fingerprint density at radius 2 is 1.72 bits per heavy atom. The van der Waals surface area contributed by atoms with Gasteiger partial charge in [0.15, 0.2) is 5.78 Å². The molecule has 1 heterocycles. The van der Waals surface area contributed by atoms with Crippen molar-refractivity contribution in [3.8, 4) is 5.75 Å². The van der Waals surface area contributed by atoms with Gasteiger partial charge in [-0.15, -0.1) is 0 Å². The second-order valence-electron chi connectivity index (χ2n) is 10.1. The third-order valence-electron chi connectivity index (χ3n) is 6.62. The van der Waals surface area contributed by atoms with Gasteiger partial charge in [-0.1, -0.05) is 49.7 Å². The lowest BCUT2D eigenvalue weighted by atomic mass is 9.84. The summed E-state index contributed by atoms with van der Waals surface area (Å²) in [6.45, 7) is 2.81. The minimum Gasteiger partial charge on any atom is -0.497 e. The second kappa shape index (κ2) is 14.7. The van der Waals surface area contributed by atoms with Crippen LogP contribution in [0.2, 0.25) is 5.02 Å². The van der Waals surface area contributed by atoms with Crippen molar-refractivity contribution in [1.82, 2.24) is 20.6 Å². The molecule has 0 bridgehead atoms. The quantitative estimate of drug-likeness (QED) is 0.284. The number of halogens is 4. The van der Waals surface area contributed by atoms with Crippen LogP contribution < -0.4 is 15.4 Å². The van der Waals surface area contributed by atoms with Gasteiger partial charge in [0.1, 0.15) is 23.5 Å². The van der Waals surface area contributed by atoms with Crippen molar-refractivity contribution in [2.24, 2.45) is 11.8 Å². The van der Waals surface area contributed by atoms with E-state index < -0.39 is 59.9 Å². The molecule has 0 fully saturated rings. The van der Waals surface area contributed by atoms with Crippen LogP contribution in [0.25, 0.3) is 0 Å². The van der Waals surface area contributed by atoms with Gasteiger partial charge in [0, 0.05) is 36.2 Å². The monoisotopic (exact) mass is 618 g/mol. The van der Waals surface area contributed by atoms with Crippen LogP contribution in [-0.4, -0.2) is 52.7 Å². The fourth-order valence-corrected chi connectivity index (χ4v) is 4.56. The SMILES string of the molecule is COc1cccc([C@H](NC(=O)[C@H](Cc2cccc(Cl)c2)NC(=O)c2cnccn2)C(=O)C[C@H](C(=O)C(F)(F)F)C(C)C)c1. The number of carbonyl (C=O) groups is 4. The number of nitrogens with one attached hydrogen (secondary N) is 2. The first kappa shape index (κ1) is 33.2. The van der Waals surface area contributed by atoms with Crippen molar-refractivity contribution < 1.29 is 37.1 Å². The van der Waals surface area contributed by atoms with Crippen LogP contribution >= 0.6 is 11.6 Å². The molecule has 0 aliphatic carbocycles. The Morgan fingerprint density at radius 3 is 2.33 bits per heavy atom. The number of hydrogen-bond acceptors (Lipinski definition) is 7. The maximum absolute atomic E-state index is 13.7. The number of hydrogen-bond donors (Lipinski definition) is 2. The summed E-state index contributed by atoms with van der Waals surface area (Å²) < 4.78 is 45.2. The van der Waals surface area contributed by atoms with Crippen LogP contribution in [0.5, 0.6) is 5.75 Å². The van der Waals surface area contributed by atoms with Gasteiger partial charge in [-0.3, -0.25) is 24.2 Å². The Hall–Kier alpha value is -4.32. The van der Waals surface area contributed by atoms with Gasteiger partial charge < -0.3 is 15.4 Å². The zero-order valence-corrected chi connectivity index (χ0v) is 24.3. The lowest BCUT2D eigenvalue weighted by Crippen LogP contribution is -2.50. The number of ketones is 2. The zero-order valence-electron chi connectivity index (χ0n) is 23.5. The number of methoxy groups -OCH3 is 1. The Kier molecular flexibility index (Phi) is 11.4. The number of rotatable bonds is 13. The first-order chi connectivity index (χ1) is 20.3. The van der Waals surface area contributed by atoms with Crippen LogP contribution in [-0.2, 0) is 20.8 Å². The number of aromatic nitrogens is 2. The number of carbonyl (C=O) groups excluding carboxylic acids is 4. The Labute approximate surface area is 251 Å². The topological polar surface area (TPSA) is 127 Å². The van der Waals surface area contributed by atoms with E-state index in [2.05, 4.69) is 20.6 Å². The second-order valence-corrected chi connectivity index (χ2v) is 10.5. The lowest BCUT2D eigenvalue weighted by molar-refractivity contribution is -0.177. The first-order valence-electron chi connectivity index (χ1n) is 13.2. The highest BCUT2D eigenvalue weighted by Crippen LogP contribution is 2.30. The normalized spacial score (nSPS) is 13.5. The van der Waals surface area contributed by atoms with Crippen molar-refractivity contribution in [2.75, 3.05) is 7.11 Å². The zero-order chi connectivity index (χ0) is 31.7. The number of Topliss-reactive ketones (excluding diaryl/α,β-unsaturated/α-hetero) is 2. The van der Waals surface area contributed by atoms with Crippen LogP contribution in [0.15, 0.2) is 67.1 Å². The van der Waals surface area contributed by atoms with Gasteiger partial charge in [-0.25, -0.2) is 4.98 Å². The molecule has 2 aromatic carbocycles. The van der Waals surface area contributed by atoms with Crippen LogP contribution in [0.4, 0.5) is 13.2 Å². The molecule has 13 heteroatoms. The number of alkyl halides is 3. The van der Waals surface area contributed by atoms with Gasteiger partial charge in [0.2, 0.25) is 11.7 Å². The molecule has 0 aliphatic rings. The van der Waals surface area contributed by atoms with Gasteiger partial charge in [0.25, 0.3) is 5.91 Å². The average Bonchev–Trinajstić information content (AvgIpc) is 2.97. The minimum absolute atomic E-state index is 0.0569. The van der Waals surface area contributed by atoms with Crippen molar-refractivity contribution in [3.05, 3.63) is 89.0 Å². The van der Waals surface area contributed by atoms with Gasteiger partial charge >= 0.3 is 6.18 Å². The standard InChI is InChI=1S/C30H30ClF3N4O5/c1-17(2)22(27(40)30(32,33)34)15-25(39)26(19-7-5-9-21(14-19)43-3)38-28(41)23(13-18-6-4-8-20(31)12-18)37-29(42)24-16-35-10-11-36-24/h4-12,14,16-17,22-23,26H,13,15H2,1-3H3,(H,37,42)(H,38,41)/t22-,23-,26-/m0/s1. The number of amides is 2. The summed E-state index contributed by atoms with van der Waals surface area (Å²) in [4.78, 5) is 60.2. The maximum Gasteiger partial charge on any atom is 0.450 e. The van der Waals surface area contributed by atoms with Crippen molar-refractivity contribution in [1.29, 1.82) is 0 Å². The first-order valence-corrected chi connectivity index (χ1v) is 13.6. The molecule has 0 saturated heterocycles. The number of benzene rings is 2. The summed E-state index contributed by atoms with van der Waals surface area (Å²) in [5, 5.41) is 5.54. The highest BCUT2D eigenvalue weighted by atomic mass is 35.5. The largest absolute Gasteiger partial charge is 0.497 e. The fraction of sp³-hybridized carbons (Fsp3) is 0.333. The molecular formula is C30H30ClF3N4O5. The van der Waals surface area contributed by atoms with E-state index in [9.17, 15) is 32.3 Å². The molecule has 228 valence electrons. The lowest BCUT2D eigenvalue weighted by Gasteiger charge is -2.26. The highest BCUT2D eigenvalue weighted by Gasteiger charge is 2.45. The summed E-state index contributed by atoms with van der Waals surface area (Å²) in [6.07, 6.45) is -2.12. The molecule has 2 N–H and O–H groups in total. The molecule has 0 saturated carbocycles. The molecule has 0 radical (unpaired) electrons. The van der Waals surface area contributed by atoms with E-state index in [0.29, 0.717) is 16.3 Å². The number of ether oxygens (including phenoxy) is 1. The van der Waals surface area contributed by atoms with Crippen molar-refractivity contribution in [3.63, 3.8) is 0 Å². The molecule has 0 unspecified atom stereocenters. The van der Waals surface area contributed by atoms with E-state index in [0.717, 1.165) is 0 Å². The average molecular weight is 619 g/mol. The van der Waals surface area contributed by atoms with Crippen LogP contribution in [0.3, 0.4) is 0 Å². The van der Waals surface area contributed by atoms with E-state index in [1.165, 1.54) is 51.7 Å². The summed E-state index contributed by atoms with van der Waals surface area (Å²) >= 11 is 6.11. The minimum atomic E-state index is -5.14. The molecule has 2 amide bonds. The Morgan fingerprint density at radius 1 is 1.00 bits per heavy atom. The molecule has 3 atom stereocenters. The Bertz CT molecular complexity index is 1450. The van der Waals surface area contributed by atoms with Crippen molar-refractivity contribution >= 4 is 35.0 Å². The van der Waals surface area contributed by atoms with Gasteiger partial charge in [-0.05, 0) is 41.3 Å². The smallest absolute Gasteiger partial charge is 0.450 e. The van der Waals surface area contributed by atoms with Crippen molar-refractivity contribution in [2.45, 2.75) is 44.9 Å². The highest BCUT2D eigenvalue weighted by molar-refractivity contribution is 6.30. The number of nitrogens with zero attached hydrogens (tertiary/aromatic N) is 2. The Balaban J connectivity index is 1.97. The van der Waals surface area contributed by atoms with E-state index in [4.69, 9.17) is 16.3 Å². The molecule has 9 nitrogen and oxygen atoms in total. The van der Waals surface area contributed by atoms with Crippen LogP contribution in [0.1, 0.15) is 47.9 Å². The molecule has 43 heavy (non-hydrogen) atoms. The molecule has 0 aliphatic heterocycles. The fourth-order valence-electron chi connectivity index (χ4n) is 4.35. The summed E-state index contributed by atoms with van der Waals surface area (Å²) in [5.41, 5.74) is 0.714. The van der Waals surface area contributed by atoms with Gasteiger partial charge in [-0.2, -0.15) is 13.2 Å². The van der Waals surface area contributed by atoms with E-state index >= 15 is 0 Å². The van der Waals surface area contributed by atoms with E-state index in [1.54, 1.807) is 36.4 Å². The third-order valence-corrected chi connectivity index (χ3v) is 6.86. The summed E-state index contributed by atoms with van der Waals surface area (Å²) in [6, 6.07) is 9.88. The maximum atomic E-state index is 13.7.